The number of halogens is 1. The molecule has 3 aromatic carbocycles. The van der Waals surface area contributed by atoms with E-state index in [-0.39, 0.29) is 6.54 Å². The van der Waals surface area contributed by atoms with Gasteiger partial charge in [-0.15, -0.1) is 0 Å². The number of furan rings is 1. The molecular formula is C23H19FN2O4S. The predicted molar refractivity (Wildman–Crippen MR) is 115 cm³/mol. The number of benzene rings is 3. The van der Waals surface area contributed by atoms with E-state index in [0.29, 0.717) is 11.4 Å². The zero-order valence-electron chi connectivity index (χ0n) is 16.4. The van der Waals surface area contributed by atoms with E-state index < -0.39 is 33.2 Å². The molecule has 0 unspecified atom stereocenters. The highest BCUT2D eigenvalue weighted by molar-refractivity contribution is 7.89. The van der Waals surface area contributed by atoms with Crippen LogP contribution in [0.15, 0.2) is 94.4 Å². The van der Waals surface area contributed by atoms with Gasteiger partial charge in [0.15, 0.2) is 0 Å². The van der Waals surface area contributed by atoms with Gasteiger partial charge in [-0.1, -0.05) is 42.5 Å². The van der Waals surface area contributed by atoms with Crippen LogP contribution in [0.4, 0.5) is 10.1 Å². The van der Waals surface area contributed by atoms with E-state index in [1.54, 1.807) is 24.3 Å². The van der Waals surface area contributed by atoms with Crippen molar-refractivity contribution in [1.29, 1.82) is 0 Å². The molecule has 1 amide bonds. The fourth-order valence-electron chi connectivity index (χ4n) is 3.22. The molecule has 4 aromatic rings. The molecule has 0 bridgehead atoms. The summed E-state index contributed by atoms with van der Waals surface area (Å²) in [7, 11) is -4.29. The van der Waals surface area contributed by atoms with E-state index >= 15 is 0 Å². The molecule has 0 radical (unpaired) electrons. The molecule has 0 aliphatic carbocycles. The van der Waals surface area contributed by atoms with Crippen LogP contribution in [0.3, 0.4) is 0 Å². The molecule has 158 valence electrons. The summed E-state index contributed by atoms with van der Waals surface area (Å²) in [6.45, 7) is -0.723. The summed E-state index contributed by atoms with van der Waals surface area (Å²) in [5.74, 6) is -1.11. The average Bonchev–Trinajstić information content (AvgIpc) is 3.26. The van der Waals surface area contributed by atoms with Gasteiger partial charge in [-0.05, 0) is 47.2 Å². The first-order chi connectivity index (χ1) is 14.9. The fraction of sp³-hybridized carbons (Fsp3) is 0.0870. The van der Waals surface area contributed by atoms with Crippen molar-refractivity contribution in [3.63, 3.8) is 0 Å². The smallest absolute Gasteiger partial charge is 0.246 e. The van der Waals surface area contributed by atoms with Crippen molar-refractivity contribution in [1.82, 2.24) is 4.31 Å². The first-order valence-corrected chi connectivity index (χ1v) is 10.9. The van der Waals surface area contributed by atoms with E-state index in [4.69, 9.17) is 4.42 Å². The molecule has 0 spiro atoms. The molecule has 0 saturated carbocycles. The van der Waals surface area contributed by atoms with E-state index in [1.165, 1.54) is 24.5 Å². The largest absolute Gasteiger partial charge is 0.468 e. The van der Waals surface area contributed by atoms with Gasteiger partial charge in [0.1, 0.15) is 16.5 Å². The van der Waals surface area contributed by atoms with Crippen molar-refractivity contribution < 1.29 is 22.0 Å². The molecule has 1 heterocycles. The molecular weight excluding hydrogens is 419 g/mol. The summed E-state index contributed by atoms with van der Waals surface area (Å²) >= 11 is 0. The summed E-state index contributed by atoms with van der Waals surface area (Å²) in [5.41, 5.74) is 0.532. The van der Waals surface area contributed by atoms with Crippen molar-refractivity contribution >= 4 is 32.4 Å². The lowest BCUT2D eigenvalue weighted by atomic mass is 10.1. The van der Waals surface area contributed by atoms with Crippen molar-refractivity contribution in [2.45, 2.75) is 11.4 Å². The Kier molecular flexibility index (Phi) is 5.83. The Morgan fingerprint density at radius 2 is 1.68 bits per heavy atom. The van der Waals surface area contributed by atoms with Crippen LogP contribution in [-0.2, 0) is 21.4 Å². The number of rotatable bonds is 7. The molecule has 31 heavy (non-hydrogen) atoms. The summed E-state index contributed by atoms with van der Waals surface area (Å²) in [4.78, 5) is 12.2. The highest BCUT2D eigenvalue weighted by atomic mass is 32.2. The Morgan fingerprint density at radius 1 is 0.935 bits per heavy atom. The van der Waals surface area contributed by atoms with E-state index in [9.17, 15) is 17.6 Å². The minimum atomic E-state index is -4.29. The third-order valence-corrected chi connectivity index (χ3v) is 6.54. The number of carbonyl (C=O) groups excluding carboxylic acids is 1. The second-order valence-corrected chi connectivity index (χ2v) is 8.80. The normalized spacial score (nSPS) is 11.7. The number of hydrogen-bond acceptors (Lipinski definition) is 4. The quantitative estimate of drug-likeness (QED) is 0.464. The zero-order chi connectivity index (χ0) is 21.8. The van der Waals surface area contributed by atoms with Gasteiger partial charge in [-0.3, -0.25) is 4.79 Å². The Labute approximate surface area is 179 Å². The number of anilines is 1. The molecule has 0 atom stereocenters. The van der Waals surface area contributed by atoms with Gasteiger partial charge in [0.05, 0.1) is 19.4 Å². The summed E-state index contributed by atoms with van der Waals surface area (Å²) in [6.07, 6.45) is 1.40. The lowest BCUT2D eigenvalue weighted by Crippen LogP contribution is -2.37. The van der Waals surface area contributed by atoms with Crippen LogP contribution in [0.5, 0.6) is 0 Å². The second kappa shape index (κ2) is 8.71. The van der Waals surface area contributed by atoms with Gasteiger partial charge >= 0.3 is 0 Å². The highest BCUT2D eigenvalue weighted by Gasteiger charge is 2.30. The minimum absolute atomic E-state index is 0.213. The van der Waals surface area contributed by atoms with Crippen LogP contribution in [0, 0.1) is 5.82 Å². The average molecular weight is 438 g/mol. The predicted octanol–water partition coefficient (Wildman–Crippen LogP) is 4.40. The number of nitrogens with zero attached hydrogens (tertiary/aromatic N) is 1. The molecule has 8 heteroatoms. The summed E-state index contributed by atoms with van der Waals surface area (Å²) in [5, 5.41) is 4.67. The van der Waals surface area contributed by atoms with Crippen molar-refractivity contribution in [2.75, 3.05) is 11.9 Å². The van der Waals surface area contributed by atoms with Gasteiger partial charge in [0.2, 0.25) is 15.9 Å². The van der Waals surface area contributed by atoms with Gasteiger partial charge in [0, 0.05) is 5.69 Å². The Morgan fingerprint density at radius 3 is 2.42 bits per heavy atom. The van der Waals surface area contributed by atoms with Gasteiger partial charge in [0.25, 0.3) is 0 Å². The molecule has 1 N–H and O–H groups in total. The van der Waals surface area contributed by atoms with E-state index in [2.05, 4.69) is 5.32 Å². The maximum Gasteiger partial charge on any atom is 0.246 e. The Hall–Kier alpha value is -3.49. The first-order valence-electron chi connectivity index (χ1n) is 9.49. The molecule has 0 saturated heterocycles. The maximum absolute atomic E-state index is 14.2. The topological polar surface area (TPSA) is 79.6 Å². The summed E-state index contributed by atoms with van der Waals surface area (Å²) < 4.78 is 46.6. The van der Waals surface area contributed by atoms with Gasteiger partial charge in [-0.2, -0.15) is 4.31 Å². The van der Waals surface area contributed by atoms with Gasteiger partial charge in [-0.25, -0.2) is 12.8 Å². The molecule has 0 fully saturated rings. The molecule has 0 aliphatic heterocycles. The molecule has 1 aromatic heterocycles. The van der Waals surface area contributed by atoms with Crippen molar-refractivity contribution in [3.05, 3.63) is 96.7 Å². The maximum atomic E-state index is 14.2. The standard InChI is InChI=1S/C23H19FN2O4S/c24-21-9-3-4-10-22(21)31(28,29)26(15-20-8-5-13-30-20)16-23(27)25-19-12-11-17-6-1-2-7-18(17)14-19/h1-14H,15-16H2,(H,25,27). The van der Waals surface area contributed by atoms with E-state index in [0.717, 1.165) is 21.1 Å². The number of amides is 1. The van der Waals surface area contributed by atoms with Crippen molar-refractivity contribution in [2.24, 2.45) is 0 Å². The number of sulfonamides is 1. The van der Waals surface area contributed by atoms with Gasteiger partial charge < -0.3 is 9.73 Å². The Balaban J connectivity index is 1.59. The number of hydrogen-bond donors (Lipinski definition) is 1. The van der Waals surface area contributed by atoms with Crippen LogP contribution in [-0.4, -0.2) is 25.2 Å². The molecule has 0 aliphatic rings. The van der Waals surface area contributed by atoms with Crippen molar-refractivity contribution in [3.8, 4) is 0 Å². The van der Waals surface area contributed by atoms with E-state index in [1.807, 2.05) is 30.3 Å². The lowest BCUT2D eigenvalue weighted by molar-refractivity contribution is -0.116. The Bertz CT molecular complexity index is 1320. The second-order valence-electron chi connectivity index (χ2n) is 6.89. The fourth-order valence-corrected chi connectivity index (χ4v) is 4.65. The zero-order valence-corrected chi connectivity index (χ0v) is 17.2. The lowest BCUT2D eigenvalue weighted by Gasteiger charge is -2.21. The number of fused-ring (bicyclic) bond motifs is 1. The minimum Gasteiger partial charge on any atom is -0.468 e. The van der Waals surface area contributed by atoms with Crippen LogP contribution in [0.2, 0.25) is 0 Å². The first kappa shape index (κ1) is 20.8. The van der Waals surface area contributed by atoms with Crippen LogP contribution in [0.25, 0.3) is 10.8 Å². The molecule has 6 nitrogen and oxygen atoms in total. The van der Waals surface area contributed by atoms with Crippen LogP contribution >= 0.6 is 0 Å². The molecule has 4 rings (SSSR count). The highest BCUT2D eigenvalue weighted by Crippen LogP contribution is 2.22. The number of carbonyl (C=O) groups is 1. The SMILES string of the molecule is O=C(CN(Cc1ccco1)S(=O)(=O)c1ccccc1F)Nc1ccc2ccccc2c1. The third-order valence-electron chi connectivity index (χ3n) is 4.72. The third kappa shape index (κ3) is 4.65. The monoisotopic (exact) mass is 438 g/mol. The van der Waals surface area contributed by atoms with Crippen LogP contribution in [0.1, 0.15) is 5.76 Å². The number of nitrogens with one attached hydrogen (secondary N) is 1. The summed E-state index contributed by atoms with van der Waals surface area (Å²) in [6, 6.07) is 21.3. The van der Waals surface area contributed by atoms with Crippen LogP contribution < -0.4 is 5.32 Å².